The van der Waals surface area contributed by atoms with Crippen molar-refractivity contribution in [1.29, 1.82) is 0 Å². The van der Waals surface area contributed by atoms with Crippen molar-refractivity contribution in [3.05, 3.63) is 11.6 Å². The Morgan fingerprint density at radius 3 is 2.31 bits per heavy atom. The van der Waals surface area contributed by atoms with E-state index in [2.05, 4.69) is 0 Å². The van der Waals surface area contributed by atoms with Gasteiger partial charge in [0.2, 0.25) is 0 Å². The Morgan fingerprint density at radius 2 is 1.72 bits per heavy atom. The van der Waals surface area contributed by atoms with E-state index in [0.29, 0.717) is 6.42 Å². The van der Waals surface area contributed by atoms with Crippen molar-refractivity contribution >= 4 is 5.78 Å². The summed E-state index contributed by atoms with van der Waals surface area (Å²) in [6, 6.07) is 0. The molecule has 1 aliphatic carbocycles. The summed E-state index contributed by atoms with van der Waals surface area (Å²) in [5.41, 5.74) is -1.38. The largest absolute Gasteiger partial charge is 0.393 e. The number of allylic oxidation sites excluding steroid dienone is 1. The number of aliphatic hydroxyl groups excluding tert-OH is 5. The molecule has 11 nitrogen and oxygen atoms in total. The van der Waals surface area contributed by atoms with Crippen LogP contribution in [0.3, 0.4) is 0 Å². The van der Waals surface area contributed by atoms with Gasteiger partial charge < -0.3 is 49.6 Å². The van der Waals surface area contributed by atoms with Crippen LogP contribution in [0.25, 0.3) is 0 Å². The minimum atomic E-state index is -1.86. The fourth-order valence-electron chi connectivity index (χ4n) is 4.46. The minimum absolute atomic E-state index is 0.0397. The SMILES string of the molecule is CC1=CC(=O)CC(C)(C)C1COC1OC(COC2OCC(O)(CO)C2O)C(O)C(O)C1O. The fraction of sp³-hybridized carbons (Fsp3) is 0.857. The van der Waals surface area contributed by atoms with Crippen molar-refractivity contribution in [2.75, 3.05) is 26.4 Å². The number of hydrogen-bond donors (Lipinski definition) is 6. The maximum atomic E-state index is 11.9. The molecular weight excluding hydrogens is 428 g/mol. The molecule has 0 saturated carbocycles. The molecule has 3 aliphatic rings. The molecule has 3 rings (SSSR count). The summed E-state index contributed by atoms with van der Waals surface area (Å²) in [6.45, 7) is 4.43. The molecule has 0 amide bonds. The molecule has 0 spiro atoms. The summed E-state index contributed by atoms with van der Waals surface area (Å²) in [5.74, 6) is -0.0780. The van der Waals surface area contributed by atoms with Crippen LogP contribution in [0.15, 0.2) is 11.6 Å². The van der Waals surface area contributed by atoms with Crippen molar-refractivity contribution in [3.63, 3.8) is 0 Å². The zero-order valence-corrected chi connectivity index (χ0v) is 18.5. The highest BCUT2D eigenvalue weighted by molar-refractivity contribution is 5.91. The van der Waals surface area contributed by atoms with Gasteiger partial charge in [0.1, 0.15) is 36.1 Å². The quantitative estimate of drug-likeness (QED) is 0.243. The number of aliphatic hydroxyl groups is 6. The topological polar surface area (TPSA) is 175 Å². The van der Waals surface area contributed by atoms with Gasteiger partial charge in [-0.3, -0.25) is 4.79 Å². The van der Waals surface area contributed by atoms with Crippen LogP contribution < -0.4 is 0 Å². The molecule has 2 heterocycles. The first kappa shape index (κ1) is 25.6. The average Bonchev–Trinajstić information content (AvgIpc) is 3.00. The Hall–Kier alpha value is -0.990. The van der Waals surface area contributed by atoms with Crippen LogP contribution in [0.5, 0.6) is 0 Å². The highest BCUT2D eigenvalue weighted by Gasteiger charge is 2.50. The molecule has 11 heteroatoms. The molecule has 0 aromatic heterocycles. The third kappa shape index (κ3) is 5.07. The molecule has 0 radical (unpaired) electrons. The number of carbonyl (C=O) groups excluding carboxylic acids is 1. The Morgan fingerprint density at radius 1 is 1.06 bits per heavy atom. The first-order valence-electron chi connectivity index (χ1n) is 10.7. The van der Waals surface area contributed by atoms with Gasteiger partial charge >= 0.3 is 0 Å². The van der Waals surface area contributed by atoms with E-state index in [-0.39, 0.29) is 36.9 Å². The minimum Gasteiger partial charge on any atom is -0.393 e. The van der Waals surface area contributed by atoms with Crippen molar-refractivity contribution in [3.8, 4) is 0 Å². The van der Waals surface area contributed by atoms with Gasteiger partial charge in [0, 0.05) is 12.3 Å². The number of rotatable bonds is 7. The molecule has 0 aromatic carbocycles. The molecule has 2 fully saturated rings. The molecule has 2 aliphatic heterocycles. The van der Waals surface area contributed by atoms with Gasteiger partial charge in [-0.05, 0) is 18.4 Å². The number of ketones is 1. The Balaban J connectivity index is 1.61. The first-order valence-corrected chi connectivity index (χ1v) is 10.7. The lowest BCUT2D eigenvalue weighted by atomic mass is 9.68. The second-order valence-corrected chi connectivity index (χ2v) is 9.64. The van der Waals surface area contributed by atoms with Gasteiger partial charge in [0.25, 0.3) is 0 Å². The summed E-state index contributed by atoms with van der Waals surface area (Å²) in [4.78, 5) is 11.9. The van der Waals surface area contributed by atoms with E-state index < -0.39 is 55.3 Å². The van der Waals surface area contributed by atoms with E-state index in [1.807, 2.05) is 20.8 Å². The highest BCUT2D eigenvalue weighted by Crippen LogP contribution is 2.40. The van der Waals surface area contributed by atoms with Gasteiger partial charge in [-0.15, -0.1) is 0 Å². The van der Waals surface area contributed by atoms with E-state index in [9.17, 15) is 35.4 Å². The number of ether oxygens (including phenoxy) is 4. The van der Waals surface area contributed by atoms with E-state index in [1.54, 1.807) is 6.08 Å². The van der Waals surface area contributed by atoms with Crippen molar-refractivity contribution in [1.82, 2.24) is 0 Å². The van der Waals surface area contributed by atoms with Gasteiger partial charge in [0.05, 0.1) is 26.4 Å². The van der Waals surface area contributed by atoms with Gasteiger partial charge in [0.15, 0.2) is 18.4 Å². The lowest BCUT2D eigenvalue weighted by molar-refractivity contribution is -0.312. The zero-order chi connectivity index (χ0) is 23.8. The second kappa shape index (κ2) is 9.71. The van der Waals surface area contributed by atoms with Crippen LogP contribution in [-0.4, -0.2) is 112 Å². The molecule has 32 heavy (non-hydrogen) atoms. The predicted molar refractivity (Wildman–Crippen MR) is 107 cm³/mol. The molecular formula is C21H34O11. The smallest absolute Gasteiger partial charge is 0.186 e. The number of carbonyl (C=O) groups is 1. The van der Waals surface area contributed by atoms with E-state index >= 15 is 0 Å². The zero-order valence-electron chi connectivity index (χ0n) is 18.5. The predicted octanol–water partition coefficient (Wildman–Crippen LogP) is -2.17. The molecule has 0 aromatic rings. The summed E-state index contributed by atoms with van der Waals surface area (Å²) in [6.07, 6.45) is -7.88. The summed E-state index contributed by atoms with van der Waals surface area (Å²) in [5, 5.41) is 60.1. The Bertz CT molecular complexity index is 710. The summed E-state index contributed by atoms with van der Waals surface area (Å²) >= 11 is 0. The molecule has 9 unspecified atom stereocenters. The van der Waals surface area contributed by atoms with Crippen molar-refractivity contribution in [2.24, 2.45) is 11.3 Å². The summed E-state index contributed by atoms with van der Waals surface area (Å²) in [7, 11) is 0. The maximum absolute atomic E-state index is 11.9. The van der Waals surface area contributed by atoms with Crippen LogP contribution in [0.2, 0.25) is 0 Å². The maximum Gasteiger partial charge on any atom is 0.186 e. The molecule has 0 bridgehead atoms. The van der Waals surface area contributed by atoms with Gasteiger partial charge in [-0.2, -0.15) is 0 Å². The lowest BCUT2D eigenvalue weighted by Gasteiger charge is -2.42. The standard InChI is InChI=1S/C21H34O11/c1-10-4-11(23)5-20(2,3)12(10)6-29-18-16(26)15(25)14(24)13(32-18)7-30-19-17(27)21(28,8-22)9-31-19/h4,12-19,22,24-28H,5-9H2,1-3H3. The van der Waals surface area contributed by atoms with E-state index in [0.717, 1.165) is 5.57 Å². The van der Waals surface area contributed by atoms with E-state index in [1.165, 1.54) is 0 Å². The monoisotopic (exact) mass is 462 g/mol. The molecule has 9 atom stereocenters. The summed E-state index contributed by atoms with van der Waals surface area (Å²) < 4.78 is 21.9. The van der Waals surface area contributed by atoms with Crippen LogP contribution in [-0.2, 0) is 23.7 Å². The molecule has 6 N–H and O–H groups in total. The van der Waals surface area contributed by atoms with Gasteiger partial charge in [-0.25, -0.2) is 0 Å². The van der Waals surface area contributed by atoms with Gasteiger partial charge in [-0.1, -0.05) is 19.4 Å². The van der Waals surface area contributed by atoms with Crippen LogP contribution in [0.1, 0.15) is 27.2 Å². The van der Waals surface area contributed by atoms with Crippen LogP contribution in [0, 0.1) is 11.3 Å². The van der Waals surface area contributed by atoms with Crippen molar-refractivity contribution in [2.45, 2.75) is 75.9 Å². The third-order valence-corrected chi connectivity index (χ3v) is 6.61. The molecule has 184 valence electrons. The lowest BCUT2D eigenvalue weighted by Crippen LogP contribution is -2.60. The number of hydrogen-bond acceptors (Lipinski definition) is 11. The van der Waals surface area contributed by atoms with E-state index in [4.69, 9.17) is 18.9 Å². The second-order valence-electron chi connectivity index (χ2n) is 9.64. The first-order chi connectivity index (χ1) is 14.9. The fourth-order valence-corrected chi connectivity index (χ4v) is 4.46. The molecule has 2 saturated heterocycles. The average molecular weight is 462 g/mol. The third-order valence-electron chi connectivity index (χ3n) is 6.61. The van der Waals surface area contributed by atoms with Crippen LogP contribution in [0.4, 0.5) is 0 Å². The highest BCUT2D eigenvalue weighted by atomic mass is 16.7. The normalized spacial score (nSPS) is 44.5. The van der Waals surface area contributed by atoms with Crippen LogP contribution >= 0.6 is 0 Å². The van der Waals surface area contributed by atoms with Crippen molar-refractivity contribution < 1.29 is 54.4 Å². The Labute approximate surface area is 186 Å². The Kier molecular flexibility index (Phi) is 7.77.